The van der Waals surface area contributed by atoms with Crippen LogP contribution in [-0.2, 0) is 20.9 Å². The van der Waals surface area contributed by atoms with E-state index < -0.39 is 11.7 Å². The second kappa shape index (κ2) is 10.1. The molecule has 1 aromatic rings. The van der Waals surface area contributed by atoms with E-state index in [-0.39, 0.29) is 24.9 Å². The van der Waals surface area contributed by atoms with Gasteiger partial charge in [-0.3, -0.25) is 4.79 Å². The summed E-state index contributed by atoms with van der Waals surface area (Å²) in [5.74, 6) is 0.198. The average molecular weight is 349 g/mol. The Kier molecular flexibility index (Phi) is 8.46. The van der Waals surface area contributed by atoms with Gasteiger partial charge in [-0.15, -0.1) is 0 Å². The van der Waals surface area contributed by atoms with Crippen LogP contribution < -0.4 is 5.32 Å². The molecule has 1 rings (SSSR count). The highest BCUT2D eigenvalue weighted by Gasteiger charge is 2.20. The van der Waals surface area contributed by atoms with Gasteiger partial charge in [0.25, 0.3) is 0 Å². The van der Waals surface area contributed by atoms with Crippen LogP contribution in [0.3, 0.4) is 0 Å². The molecule has 0 bridgehead atoms. The van der Waals surface area contributed by atoms with E-state index >= 15 is 0 Å². The molecule has 5 nitrogen and oxygen atoms in total. The van der Waals surface area contributed by atoms with Crippen LogP contribution in [0.25, 0.3) is 0 Å². The molecule has 1 amide bonds. The first kappa shape index (κ1) is 21.0. The van der Waals surface area contributed by atoms with Gasteiger partial charge in [0, 0.05) is 6.54 Å². The summed E-state index contributed by atoms with van der Waals surface area (Å²) in [5, 5.41) is 2.75. The summed E-state index contributed by atoms with van der Waals surface area (Å²) in [6.45, 7) is 10.3. The van der Waals surface area contributed by atoms with Crippen LogP contribution in [0.15, 0.2) is 30.3 Å². The molecule has 0 aromatic heterocycles. The van der Waals surface area contributed by atoms with Crippen LogP contribution in [0.1, 0.15) is 53.0 Å². The van der Waals surface area contributed by atoms with Crippen LogP contribution in [0.2, 0.25) is 0 Å². The fourth-order valence-electron chi connectivity index (χ4n) is 2.48. The lowest BCUT2D eigenvalue weighted by Gasteiger charge is -2.22. The minimum atomic E-state index is -0.535. The predicted octanol–water partition coefficient (Wildman–Crippen LogP) is 4.31. The molecule has 0 aliphatic heterocycles. The normalized spacial score (nSPS) is 12.6. The Labute approximate surface area is 151 Å². The van der Waals surface area contributed by atoms with Crippen molar-refractivity contribution in [3.63, 3.8) is 0 Å². The van der Waals surface area contributed by atoms with Crippen LogP contribution in [0.4, 0.5) is 4.79 Å². The monoisotopic (exact) mass is 349 g/mol. The number of hydrogen-bond donors (Lipinski definition) is 1. The molecule has 1 aromatic carbocycles. The molecule has 0 spiro atoms. The van der Waals surface area contributed by atoms with Gasteiger partial charge in [-0.2, -0.15) is 0 Å². The van der Waals surface area contributed by atoms with Crippen molar-refractivity contribution < 1.29 is 19.1 Å². The molecule has 0 heterocycles. The molecule has 25 heavy (non-hydrogen) atoms. The summed E-state index contributed by atoms with van der Waals surface area (Å²) >= 11 is 0. The van der Waals surface area contributed by atoms with E-state index in [1.807, 2.05) is 51.1 Å². The molecule has 5 heteroatoms. The number of hydrogen-bond acceptors (Lipinski definition) is 4. The van der Waals surface area contributed by atoms with E-state index in [2.05, 4.69) is 19.2 Å². The quantitative estimate of drug-likeness (QED) is 0.710. The number of alkyl carbamates (subject to hydrolysis) is 1. The first-order valence-electron chi connectivity index (χ1n) is 8.82. The van der Waals surface area contributed by atoms with Gasteiger partial charge in [-0.25, -0.2) is 4.79 Å². The lowest BCUT2D eigenvalue weighted by atomic mass is 9.94. The van der Waals surface area contributed by atoms with Gasteiger partial charge in [-0.1, -0.05) is 44.2 Å². The third-order valence-corrected chi connectivity index (χ3v) is 3.44. The van der Waals surface area contributed by atoms with Crippen LogP contribution in [0, 0.1) is 11.8 Å². The maximum absolute atomic E-state index is 12.1. The minimum Gasteiger partial charge on any atom is -0.461 e. The van der Waals surface area contributed by atoms with Gasteiger partial charge in [0.15, 0.2) is 0 Å². The van der Waals surface area contributed by atoms with Crippen molar-refractivity contribution in [1.82, 2.24) is 5.32 Å². The van der Waals surface area contributed by atoms with Crippen LogP contribution in [0.5, 0.6) is 0 Å². The molecule has 0 radical (unpaired) electrons. The SMILES string of the molecule is CC(C)C[C@H](CNC(=O)OC(C)(C)C)CC(=O)OCc1ccccc1. The second-order valence-corrected chi connectivity index (χ2v) is 7.73. The standard InChI is InChI=1S/C20H31NO4/c1-15(2)11-17(13-21-19(23)25-20(3,4)5)12-18(22)24-14-16-9-7-6-8-10-16/h6-10,15,17H,11-14H2,1-5H3,(H,21,23)/t17-/m0/s1. The maximum atomic E-state index is 12.1. The predicted molar refractivity (Wildman–Crippen MR) is 98.0 cm³/mol. The van der Waals surface area contributed by atoms with Crippen molar-refractivity contribution in [3.8, 4) is 0 Å². The van der Waals surface area contributed by atoms with Gasteiger partial charge in [0.2, 0.25) is 0 Å². The molecule has 0 fully saturated rings. The smallest absolute Gasteiger partial charge is 0.407 e. The van der Waals surface area contributed by atoms with Crippen molar-refractivity contribution in [1.29, 1.82) is 0 Å². The highest BCUT2D eigenvalue weighted by molar-refractivity contribution is 5.70. The van der Waals surface area contributed by atoms with Crippen LogP contribution in [-0.4, -0.2) is 24.2 Å². The molecule has 0 saturated heterocycles. The van der Waals surface area contributed by atoms with Gasteiger partial charge >= 0.3 is 12.1 Å². The summed E-state index contributed by atoms with van der Waals surface area (Å²) in [7, 11) is 0. The van der Waals surface area contributed by atoms with E-state index in [0.717, 1.165) is 12.0 Å². The molecule has 1 atom stereocenters. The summed E-state index contributed by atoms with van der Waals surface area (Å²) < 4.78 is 10.6. The molecule has 0 aliphatic carbocycles. The lowest BCUT2D eigenvalue weighted by molar-refractivity contribution is -0.146. The number of esters is 1. The third kappa shape index (κ3) is 10.4. The number of amides is 1. The van der Waals surface area contributed by atoms with E-state index in [1.54, 1.807) is 0 Å². The number of carbonyl (C=O) groups is 2. The average Bonchev–Trinajstić information content (AvgIpc) is 2.49. The van der Waals surface area contributed by atoms with E-state index in [1.165, 1.54) is 0 Å². The highest BCUT2D eigenvalue weighted by Crippen LogP contribution is 2.16. The number of nitrogens with one attached hydrogen (secondary N) is 1. The largest absolute Gasteiger partial charge is 0.461 e. The first-order chi connectivity index (χ1) is 11.7. The Morgan fingerprint density at radius 3 is 2.32 bits per heavy atom. The lowest BCUT2D eigenvalue weighted by Crippen LogP contribution is -2.36. The van der Waals surface area contributed by atoms with Crippen molar-refractivity contribution >= 4 is 12.1 Å². The van der Waals surface area contributed by atoms with Gasteiger partial charge in [0.05, 0.1) is 6.42 Å². The number of rotatable bonds is 8. The summed E-state index contributed by atoms with van der Waals surface area (Å²) in [4.78, 5) is 23.9. The fraction of sp³-hybridized carbons (Fsp3) is 0.600. The number of benzene rings is 1. The Balaban J connectivity index is 2.45. The van der Waals surface area contributed by atoms with Gasteiger partial charge in [0.1, 0.15) is 12.2 Å². The molecule has 1 N–H and O–H groups in total. The van der Waals surface area contributed by atoms with Crippen molar-refractivity contribution in [2.24, 2.45) is 11.8 Å². The zero-order valence-electron chi connectivity index (χ0n) is 16.0. The minimum absolute atomic E-state index is 0.0239. The van der Waals surface area contributed by atoms with Crippen LogP contribution >= 0.6 is 0 Å². The Hall–Kier alpha value is -2.04. The zero-order valence-corrected chi connectivity index (χ0v) is 16.0. The summed E-state index contributed by atoms with van der Waals surface area (Å²) in [6, 6.07) is 9.59. The number of ether oxygens (including phenoxy) is 2. The molecule has 140 valence electrons. The molecule has 0 saturated carbocycles. The Morgan fingerprint density at radius 2 is 1.76 bits per heavy atom. The molecular weight excluding hydrogens is 318 g/mol. The molecular formula is C20H31NO4. The highest BCUT2D eigenvalue weighted by atomic mass is 16.6. The van der Waals surface area contributed by atoms with Crippen molar-refractivity contribution in [2.75, 3.05) is 6.54 Å². The van der Waals surface area contributed by atoms with Gasteiger partial charge in [-0.05, 0) is 44.6 Å². The maximum Gasteiger partial charge on any atom is 0.407 e. The van der Waals surface area contributed by atoms with E-state index in [4.69, 9.17) is 9.47 Å². The van der Waals surface area contributed by atoms with E-state index in [9.17, 15) is 9.59 Å². The van der Waals surface area contributed by atoms with Gasteiger partial charge < -0.3 is 14.8 Å². The zero-order chi connectivity index (χ0) is 18.9. The third-order valence-electron chi connectivity index (χ3n) is 3.44. The summed E-state index contributed by atoms with van der Waals surface area (Å²) in [6.07, 6.45) is 0.649. The topological polar surface area (TPSA) is 64.6 Å². The van der Waals surface area contributed by atoms with Crippen molar-refractivity contribution in [2.45, 2.75) is 59.7 Å². The molecule has 0 aliphatic rings. The molecule has 0 unspecified atom stereocenters. The van der Waals surface area contributed by atoms with Crippen molar-refractivity contribution in [3.05, 3.63) is 35.9 Å². The fourth-order valence-corrected chi connectivity index (χ4v) is 2.48. The second-order valence-electron chi connectivity index (χ2n) is 7.73. The Morgan fingerprint density at radius 1 is 1.12 bits per heavy atom. The number of carbonyl (C=O) groups excluding carboxylic acids is 2. The summed E-state index contributed by atoms with van der Waals surface area (Å²) in [5.41, 5.74) is 0.426. The van der Waals surface area contributed by atoms with E-state index in [0.29, 0.717) is 12.5 Å². The Bertz CT molecular complexity index is 534. The first-order valence-corrected chi connectivity index (χ1v) is 8.82.